The molecule has 4 rings (SSSR count). The summed E-state index contributed by atoms with van der Waals surface area (Å²) in [7, 11) is 0. The van der Waals surface area contributed by atoms with E-state index in [4.69, 9.17) is 17.3 Å². The van der Waals surface area contributed by atoms with Gasteiger partial charge in [-0.15, -0.1) is 0 Å². The molecular formula is C19H16ClN9. The Labute approximate surface area is 171 Å². The van der Waals surface area contributed by atoms with Crippen molar-refractivity contribution in [1.29, 1.82) is 5.26 Å². The Kier molecular flexibility index (Phi) is 4.93. The quantitative estimate of drug-likeness (QED) is 0.517. The molecule has 1 unspecified atom stereocenters. The summed E-state index contributed by atoms with van der Waals surface area (Å²) in [6.07, 6.45) is 5.25. The number of nitrogens with zero attached hydrogens (tertiary/aromatic N) is 7. The van der Waals surface area contributed by atoms with Crippen LogP contribution in [0.3, 0.4) is 0 Å². The maximum Gasteiger partial charge on any atom is 0.155 e. The Balaban J connectivity index is 1.87. The number of nitriles is 1. The maximum atomic E-state index is 9.43. The molecule has 0 radical (unpaired) electrons. The van der Waals surface area contributed by atoms with Gasteiger partial charge in [0.1, 0.15) is 35.3 Å². The lowest BCUT2D eigenvalue weighted by atomic mass is 10.0. The topological polar surface area (TPSA) is 131 Å². The second-order valence-electron chi connectivity index (χ2n) is 6.21. The van der Waals surface area contributed by atoms with Crippen LogP contribution in [0.25, 0.3) is 17.0 Å². The van der Waals surface area contributed by atoms with E-state index < -0.39 is 0 Å². The second-order valence-corrected chi connectivity index (χ2v) is 6.60. The molecule has 144 valence electrons. The monoisotopic (exact) mass is 405 g/mol. The third-order valence-electron chi connectivity index (χ3n) is 4.47. The van der Waals surface area contributed by atoms with Gasteiger partial charge in [0.05, 0.1) is 17.9 Å². The van der Waals surface area contributed by atoms with Gasteiger partial charge in [0.15, 0.2) is 10.8 Å². The molecule has 0 bridgehead atoms. The van der Waals surface area contributed by atoms with Crippen LogP contribution < -0.4 is 11.1 Å². The molecule has 0 aliphatic heterocycles. The van der Waals surface area contributed by atoms with E-state index in [1.807, 2.05) is 37.3 Å². The minimum Gasteiger partial charge on any atom is -0.382 e. The molecule has 0 saturated heterocycles. The molecule has 0 aliphatic rings. The first kappa shape index (κ1) is 18.6. The Hall–Kier alpha value is -3.77. The summed E-state index contributed by atoms with van der Waals surface area (Å²) in [4.78, 5) is 16.8. The summed E-state index contributed by atoms with van der Waals surface area (Å²) in [6, 6.07) is 9.32. The Morgan fingerprint density at radius 1 is 1.28 bits per heavy atom. The number of hydrogen-bond donors (Lipinski definition) is 2. The number of halogens is 1. The summed E-state index contributed by atoms with van der Waals surface area (Å²) >= 11 is 6.22. The zero-order chi connectivity index (χ0) is 20.4. The number of imidazole rings is 1. The molecule has 0 aromatic carbocycles. The number of nitrogen functional groups attached to an aromatic ring is 1. The highest BCUT2D eigenvalue weighted by Gasteiger charge is 2.22. The molecule has 0 amide bonds. The van der Waals surface area contributed by atoms with Crippen LogP contribution in [0.5, 0.6) is 0 Å². The Morgan fingerprint density at radius 3 is 2.86 bits per heavy atom. The predicted molar refractivity (Wildman–Crippen MR) is 109 cm³/mol. The van der Waals surface area contributed by atoms with E-state index in [9.17, 15) is 5.26 Å². The lowest BCUT2D eigenvalue weighted by Crippen LogP contribution is -2.16. The molecule has 3 N–H and O–H groups in total. The highest BCUT2D eigenvalue weighted by molar-refractivity contribution is 6.29. The van der Waals surface area contributed by atoms with Crippen LogP contribution in [-0.2, 0) is 0 Å². The molecule has 10 heteroatoms. The van der Waals surface area contributed by atoms with Crippen LogP contribution >= 0.6 is 11.6 Å². The zero-order valence-corrected chi connectivity index (χ0v) is 16.2. The number of pyridine rings is 1. The van der Waals surface area contributed by atoms with E-state index in [2.05, 4.69) is 30.4 Å². The van der Waals surface area contributed by atoms with Gasteiger partial charge in [0, 0.05) is 11.8 Å². The fraction of sp³-hybridized carbons (Fsp3) is 0.158. The van der Waals surface area contributed by atoms with Crippen LogP contribution in [-0.4, -0.2) is 29.5 Å². The molecule has 4 aromatic rings. The number of anilines is 2. The number of hydrogen-bond acceptors (Lipinski definition) is 8. The lowest BCUT2D eigenvalue weighted by Gasteiger charge is -2.21. The predicted octanol–water partition coefficient (Wildman–Crippen LogP) is 3.25. The summed E-state index contributed by atoms with van der Waals surface area (Å²) in [5, 5.41) is 17.8. The summed E-state index contributed by atoms with van der Waals surface area (Å²) in [5.41, 5.74) is 8.82. The first-order chi connectivity index (χ1) is 14.1. The van der Waals surface area contributed by atoms with Crippen molar-refractivity contribution in [2.24, 2.45) is 0 Å². The van der Waals surface area contributed by atoms with Gasteiger partial charge >= 0.3 is 0 Å². The summed E-state index contributed by atoms with van der Waals surface area (Å²) in [5.74, 6) is 0.485. The number of rotatable bonds is 5. The van der Waals surface area contributed by atoms with Crippen LogP contribution in [0.4, 0.5) is 11.6 Å². The highest BCUT2D eigenvalue weighted by atomic mass is 35.5. The van der Waals surface area contributed by atoms with Gasteiger partial charge in [-0.25, -0.2) is 19.5 Å². The van der Waals surface area contributed by atoms with Gasteiger partial charge in [0.2, 0.25) is 0 Å². The van der Waals surface area contributed by atoms with Crippen LogP contribution in [0.1, 0.15) is 30.5 Å². The van der Waals surface area contributed by atoms with Crippen molar-refractivity contribution in [2.45, 2.75) is 19.4 Å². The average molecular weight is 406 g/mol. The van der Waals surface area contributed by atoms with Gasteiger partial charge in [-0.2, -0.15) is 10.4 Å². The standard InChI is InChI=1S/C19H16ClN9/c1-2-13(27-19-12(8-21)18(22)25-10-26-19)11-7-16-24-9-15(20)29(16)28-17(11)14-5-3-4-6-23-14/h3-7,9-10,13H,2H2,1H3,(H3,22,25,26,27). The molecule has 4 aromatic heterocycles. The van der Waals surface area contributed by atoms with Gasteiger partial charge in [-0.05, 0) is 24.6 Å². The third kappa shape index (κ3) is 3.41. The molecule has 0 aliphatic carbocycles. The summed E-state index contributed by atoms with van der Waals surface area (Å²) < 4.78 is 1.56. The van der Waals surface area contributed by atoms with Crippen LogP contribution in [0.15, 0.2) is 43.0 Å². The first-order valence-corrected chi connectivity index (χ1v) is 9.22. The number of aromatic nitrogens is 6. The van der Waals surface area contributed by atoms with Crippen molar-refractivity contribution >= 4 is 28.9 Å². The fourth-order valence-corrected chi connectivity index (χ4v) is 3.23. The Morgan fingerprint density at radius 2 is 2.14 bits per heavy atom. The lowest BCUT2D eigenvalue weighted by molar-refractivity contribution is 0.734. The van der Waals surface area contributed by atoms with Crippen molar-refractivity contribution in [3.63, 3.8) is 0 Å². The highest BCUT2D eigenvalue weighted by Crippen LogP contribution is 2.32. The third-order valence-corrected chi connectivity index (χ3v) is 4.73. The van der Waals surface area contributed by atoms with Gasteiger partial charge in [-0.3, -0.25) is 4.98 Å². The van der Waals surface area contributed by atoms with E-state index >= 15 is 0 Å². The molecule has 1 atom stereocenters. The van der Waals surface area contributed by atoms with Gasteiger partial charge < -0.3 is 11.1 Å². The van der Waals surface area contributed by atoms with Crippen molar-refractivity contribution in [3.05, 3.63) is 59.3 Å². The van der Waals surface area contributed by atoms with E-state index in [1.54, 1.807) is 16.9 Å². The molecule has 29 heavy (non-hydrogen) atoms. The normalized spacial score (nSPS) is 11.9. The number of fused-ring (bicyclic) bond motifs is 1. The first-order valence-electron chi connectivity index (χ1n) is 8.85. The van der Waals surface area contributed by atoms with Gasteiger partial charge in [0.25, 0.3) is 0 Å². The van der Waals surface area contributed by atoms with E-state index in [0.29, 0.717) is 34.4 Å². The smallest absolute Gasteiger partial charge is 0.155 e. The van der Waals surface area contributed by atoms with Crippen molar-refractivity contribution < 1.29 is 0 Å². The van der Waals surface area contributed by atoms with Crippen LogP contribution in [0.2, 0.25) is 5.15 Å². The molecule has 0 fully saturated rings. The average Bonchev–Trinajstić information content (AvgIpc) is 3.11. The fourth-order valence-electron chi connectivity index (χ4n) is 3.05. The van der Waals surface area contributed by atoms with Crippen LogP contribution in [0, 0.1) is 11.3 Å². The van der Waals surface area contributed by atoms with Crippen molar-refractivity contribution in [1.82, 2.24) is 29.5 Å². The molecule has 4 heterocycles. The number of nitrogens with two attached hydrogens (primary N) is 1. The number of nitrogens with one attached hydrogen (secondary N) is 1. The maximum absolute atomic E-state index is 9.43. The van der Waals surface area contributed by atoms with E-state index in [1.165, 1.54) is 6.33 Å². The minimum absolute atomic E-state index is 0.124. The molecule has 0 spiro atoms. The van der Waals surface area contributed by atoms with Crippen molar-refractivity contribution in [2.75, 3.05) is 11.1 Å². The Bertz CT molecular complexity index is 1210. The summed E-state index contributed by atoms with van der Waals surface area (Å²) in [6.45, 7) is 2.01. The van der Waals surface area contributed by atoms with E-state index in [-0.39, 0.29) is 17.4 Å². The van der Waals surface area contributed by atoms with E-state index in [0.717, 1.165) is 5.56 Å². The minimum atomic E-state index is -0.235. The zero-order valence-electron chi connectivity index (χ0n) is 15.4. The molecule has 9 nitrogen and oxygen atoms in total. The molecular weight excluding hydrogens is 390 g/mol. The second kappa shape index (κ2) is 7.69. The van der Waals surface area contributed by atoms with Crippen molar-refractivity contribution in [3.8, 4) is 17.5 Å². The molecule has 0 saturated carbocycles. The van der Waals surface area contributed by atoms with Gasteiger partial charge in [-0.1, -0.05) is 24.6 Å². The SMILES string of the molecule is CCC(Nc1ncnc(N)c1C#N)c1cc2ncc(Cl)n2nc1-c1ccccn1. The largest absolute Gasteiger partial charge is 0.382 e.